The summed E-state index contributed by atoms with van der Waals surface area (Å²) in [6, 6.07) is 24.0. The molecular formula is C41H42FNO15. The Labute approximate surface area is 330 Å². The van der Waals surface area contributed by atoms with E-state index < -0.39 is 104 Å². The fourth-order valence-electron chi connectivity index (χ4n) is 7.36. The molecule has 3 saturated heterocycles. The molecule has 13 atom stereocenters. The van der Waals surface area contributed by atoms with Gasteiger partial charge in [-0.25, -0.2) is 9.18 Å². The molecule has 3 fully saturated rings. The zero-order valence-electron chi connectivity index (χ0n) is 30.5. The molecule has 4 aromatic carbocycles. The molecule has 0 aromatic heterocycles. The molecule has 16 nitrogen and oxygen atoms in total. The number of nitrogens with zero attached hydrogens (tertiary/aromatic N) is 1. The van der Waals surface area contributed by atoms with Gasteiger partial charge in [0.1, 0.15) is 72.5 Å². The molecule has 308 valence electrons. The number of carbonyl (C=O) groups is 2. The number of β-lactam (4-membered cyclic amide) rings is 1. The van der Waals surface area contributed by atoms with Crippen LogP contribution in [-0.2, 0) is 23.8 Å². The number of aliphatic hydroxyl groups excluding tert-OH is 8. The van der Waals surface area contributed by atoms with Gasteiger partial charge in [0.25, 0.3) is 5.91 Å². The van der Waals surface area contributed by atoms with Crippen molar-refractivity contribution in [2.75, 3.05) is 18.1 Å². The maximum absolute atomic E-state index is 13.8. The van der Waals surface area contributed by atoms with Gasteiger partial charge in [0.15, 0.2) is 12.2 Å². The Morgan fingerprint density at radius 2 is 1.43 bits per heavy atom. The van der Waals surface area contributed by atoms with Crippen LogP contribution in [0.4, 0.5) is 10.1 Å². The lowest BCUT2D eigenvalue weighted by Crippen LogP contribution is -2.62. The molecule has 5 unspecified atom stereocenters. The number of hydrogen-bond donors (Lipinski definition) is 9. The number of amides is 1. The third-order valence-corrected chi connectivity index (χ3v) is 10.6. The Morgan fingerprint density at radius 1 is 0.776 bits per heavy atom. The Kier molecular flexibility index (Phi) is 12.2. The van der Waals surface area contributed by atoms with Crippen LogP contribution in [0.5, 0.6) is 5.75 Å². The lowest BCUT2D eigenvalue weighted by molar-refractivity contribution is -0.271. The lowest BCUT2D eigenvalue weighted by atomic mass is 9.87. The monoisotopic (exact) mass is 807 g/mol. The van der Waals surface area contributed by atoms with Crippen molar-refractivity contribution in [2.45, 2.75) is 79.5 Å². The number of carboxylic acids is 1. The normalized spacial score (nSPS) is 31.7. The average molecular weight is 808 g/mol. The zero-order chi connectivity index (χ0) is 41.4. The van der Waals surface area contributed by atoms with Crippen molar-refractivity contribution in [3.8, 4) is 16.9 Å². The van der Waals surface area contributed by atoms with E-state index in [2.05, 4.69) is 0 Å². The molecule has 3 aliphatic heterocycles. The second-order valence-electron chi connectivity index (χ2n) is 14.3. The minimum absolute atomic E-state index is 0.0570. The van der Waals surface area contributed by atoms with Crippen LogP contribution >= 0.6 is 0 Å². The second kappa shape index (κ2) is 17.1. The highest BCUT2D eigenvalue weighted by molar-refractivity contribution is 6.05. The van der Waals surface area contributed by atoms with Crippen LogP contribution in [0.15, 0.2) is 97.1 Å². The SMILES string of the molecule is O=C(O)C1O[C@@H](Oc2cc(-c3ccc(C4O[C@H](CO)[C@@H](O)[C@H](O)[C@H]4O)cc3)ccc2[C@@H]2[C@@H](OC[C@H](O)c3ccc(F)cc3)C(=O)N2c2ccccc2)C(O)C(O)C1O. The Morgan fingerprint density at radius 3 is 2.09 bits per heavy atom. The van der Waals surface area contributed by atoms with E-state index >= 15 is 0 Å². The third kappa shape index (κ3) is 7.94. The number of halogens is 1. The molecule has 9 N–H and O–H groups in total. The predicted octanol–water partition coefficient (Wildman–Crippen LogP) is 0.485. The van der Waals surface area contributed by atoms with E-state index in [1.807, 2.05) is 0 Å². The molecule has 0 saturated carbocycles. The number of carbonyl (C=O) groups excluding carboxylic acids is 1. The van der Waals surface area contributed by atoms with Crippen molar-refractivity contribution in [3.05, 3.63) is 120 Å². The van der Waals surface area contributed by atoms with E-state index in [9.17, 15) is 59.9 Å². The van der Waals surface area contributed by atoms with Crippen LogP contribution in [0.1, 0.15) is 34.9 Å². The van der Waals surface area contributed by atoms with Crippen LogP contribution in [0.25, 0.3) is 11.1 Å². The highest BCUT2D eigenvalue weighted by atomic mass is 19.1. The summed E-state index contributed by atoms with van der Waals surface area (Å²) in [5.41, 5.74) is 2.51. The van der Waals surface area contributed by atoms with Crippen molar-refractivity contribution in [3.63, 3.8) is 0 Å². The number of anilines is 1. The van der Waals surface area contributed by atoms with Gasteiger partial charge in [-0.15, -0.1) is 0 Å². The Hall–Kier alpha value is -4.89. The van der Waals surface area contributed by atoms with Gasteiger partial charge in [-0.05, 0) is 52.6 Å². The molecule has 7 rings (SSSR count). The number of aliphatic hydroxyl groups is 8. The van der Waals surface area contributed by atoms with Gasteiger partial charge in [-0.3, -0.25) is 9.69 Å². The van der Waals surface area contributed by atoms with E-state index in [-0.39, 0.29) is 17.9 Å². The smallest absolute Gasteiger partial charge is 0.335 e. The van der Waals surface area contributed by atoms with E-state index in [1.165, 1.54) is 35.2 Å². The quantitative estimate of drug-likeness (QED) is 0.0883. The van der Waals surface area contributed by atoms with Crippen LogP contribution in [0.3, 0.4) is 0 Å². The van der Waals surface area contributed by atoms with E-state index in [1.54, 1.807) is 66.7 Å². The van der Waals surface area contributed by atoms with E-state index in [0.717, 1.165) is 0 Å². The standard InChI is InChI=1S/C41H42FNO15/c42-23-13-10-20(11-14-23)26(45)18-55-37-29(43(39(37)52)24-4-2-1-3-5-24)25-15-12-22(16-27(25)57-41-35(51)32(48)34(50)38(58-41)40(53)54)19-6-8-21(9-7-19)36-33(49)31(47)30(46)28(17-44)56-36/h1-16,26,28-38,41,44-51H,17-18H2,(H,53,54)/t26-,28+,29+,30+,31-,32?,33+,34?,35?,36?,37+,38?,41+/m0/s1. The van der Waals surface area contributed by atoms with Crippen LogP contribution in [0.2, 0.25) is 0 Å². The largest absolute Gasteiger partial charge is 0.479 e. The Bertz CT molecular complexity index is 2050. The summed E-state index contributed by atoms with van der Waals surface area (Å²) in [4.78, 5) is 27.2. The molecule has 3 aliphatic rings. The number of aliphatic carboxylic acids is 1. The van der Waals surface area contributed by atoms with Gasteiger partial charge in [-0.2, -0.15) is 0 Å². The highest BCUT2D eigenvalue weighted by Crippen LogP contribution is 2.46. The lowest BCUT2D eigenvalue weighted by Gasteiger charge is -2.47. The van der Waals surface area contributed by atoms with E-state index in [0.29, 0.717) is 27.9 Å². The summed E-state index contributed by atoms with van der Waals surface area (Å²) in [6.45, 7) is -0.975. The summed E-state index contributed by atoms with van der Waals surface area (Å²) in [7, 11) is 0. The molecule has 0 bridgehead atoms. The fourth-order valence-corrected chi connectivity index (χ4v) is 7.36. The zero-order valence-corrected chi connectivity index (χ0v) is 30.5. The van der Waals surface area contributed by atoms with E-state index in [4.69, 9.17) is 18.9 Å². The fraction of sp³-hybridized carbons (Fsp3) is 0.366. The molecule has 3 heterocycles. The molecule has 1 amide bonds. The van der Waals surface area contributed by atoms with Crippen LogP contribution in [0, 0.1) is 5.82 Å². The van der Waals surface area contributed by atoms with Gasteiger partial charge < -0.3 is 64.9 Å². The van der Waals surface area contributed by atoms with Gasteiger partial charge in [0.05, 0.1) is 13.2 Å². The minimum Gasteiger partial charge on any atom is -0.479 e. The molecule has 58 heavy (non-hydrogen) atoms. The van der Waals surface area contributed by atoms with Gasteiger partial charge >= 0.3 is 5.97 Å². The summed E-state index contributed by atoms with van der Waals surface area (Å²) in [6.07, 6.45) is -19.1. The second-order valence-corrected chi connectivity index (χ2v) is 14.3. The number of carboxylic acid groups (broad SMARTS) is 1. The number of ether oxygens (including phenoxy) is 4. The van der Waals surface area contributed by atoms with Crippen molar-refractivity contribution in [1.82, 2.24) is 0 Å². The first-order valence-electron chi connectivity index (χ1n) is 18.4. The number of rotatable bonds is 12. The number of hydrogen-bond acceptors (Lipinski definition) is 14. The number of benzene rings is 4. The molecule has 0 aliphatic carbocycles. The third-order valence-electron chi connectivity index (χ3n) is 10.6. The maximum Gasteiger partial charge on any atom is 0.335 e. The van der Waals surface area contributed by atoms with Gasteiger partial charge in [-0.1, -0.05) is 66.7 Å². The summed E-state index contributed by atoms with van der Waals surface area (Å²) < 4.78 is 36.9. The first-order chi connectivity index (χ1) is 27.8. The van der Waals surface area contributed by atoms with Crippen molar-refractivity contribution >= 4 is 17.6 Å². The van der Waals surface area contributed by atoms with Gasteiger partial charge in [0.2, 0.25) is 6.29 Å². The topological polar surface area (TPSA) is 256 Å². The predicted molar refractivity (Wildman–Crippen MR) is 197 cm³/mol. The van der Waals surface area contributed by atoms with Crippen LogP contribution in [-0.4, -0.2) is 132 Å². The minimum atomic E-state index is -2.00. The van der Waals surface area contributed by atoms with Crippen molar-refractivity contribution in [1.29, 1.82) is 0 Å². The van der Waals surface area contributed by atoms with Crippen molar-refractivity contribution < 1.29 is 78.9 Å². The first-order valence-corrected chi connectivity index (χ1v) is 18.4. The number of para-hydroxylation sites is 1. The Balaban J connectivity index is 1.25. The van der Waals surface area contributed by atoms with Crippen molar-refractivity contribution in [2.24, 2.45) is 0 Å². The first kappa shape index (κ1) is 41.3. The molecule has 4 aromatic rings. The summed E-state index contributed by atoms with van der Waals surface area (Å²) >= 11 is 0. The van der Waals surface area contributed by atoms with Crippen LogP contribution < -0.4 is 9.64 Å². The molecule has 0 radical (unpaired) electrons. The molecule has 17 heteroatoms. The van der Waals surface area contributed by atoms with Gasteiger partial charge in [0, 0.05) is 11.3 Å². The highest BCUT2D eigenvalue weighted by Gasteiger charge is 2.53. The molecule has 0 spiro atoms. The summed E-state index contributed by atoms with van der Waals surface area (Å²) in [5.74, 6) is -2.68. The average Bonchev–Trinajstić information content (AvgIpc) is 3.23. The maximum atomic E-state index is 13.8. The summed E-state index contributed by atoms with van der Waals surface area (Å²) in [5, 5.41) is 93.2. The molecular weight excluding hydrogens is 765 g/mol.